The van der Waals surface area contributed by atoms with Crippen LogP contribution in [0.3, 0.4) is 0 Å². The first-order valence-electron chi connectivity index (χ1n) is 10.2. The number of hydrogen-bond acceptors (Lipinski definition) is 5. The highest BCUT2D eigenvalue weighted by Gasteiger charge is 2.30. The van der Waals surface area contributed by atoms with Crippen molar-refractivity contribution in [1.29, 1.82) is 0 Å². The van der Waals surface area contributed by atoms with E-state index in [9.17, 15) is 17.6 Å². The molecule has 0 N–H and O–H groups in total. The van der Waals surface area contributed by atoms with E-state index in [1.807, 2.05) is 18.2 Å². The Kier molecular flexibility index (Phi) is 6.01. The molecule has 1 aromatic heterocycles. The number of carbonyl (C=O) groups excluding carboxylic acids is 1. The van der Waals surface area contributed by atoms with E-state index in [1.165, 1.54) is 16.4 Å². The molecule has 1 amide bonds. The van der Waals surface area contributed by atoms with Gasteiger partial charge < -0.3 is 9.80 Å². The highest BCUT2D eigenvalue weighted by molar-refractivity contribution is 7.89. The van der Waals surface area contributed by atoms with Gasteiger partial charge in [-0.15, -0.1) is 0 Å². The zero-order valence-electron chi connectivity index (χ0n) is 16.7. The summed E-state index contributed by atoms with van der Waals surface area (Å²) in [6.45, 7) is 3.00. The van der Waals surface area contributed by atoms with Crippen molar-refractivity contribution in [2.45, 2.75) is 24.2 Å². The van der Waals surface area contributed by atoms with Gasteiger partial charge in [0.2, 0.25) is 10.0 Å². The summed E-state index contributed by atoms with van der Waals surface area (Å²) in [5.74, 6) is -0.246. The van der Waals surface area contributed by atoms with Gasteiger partial charge in [0.05, 0.1) is 0 Å². The fraction of sp³-hybridized carbons (Fsp3) is 0.429. The van der Waals surface area contributed by atoms with E-state index in [4.69, 9.17) is 0 Å². The first-order valence-corrected chi connectivity index (χ1v) is 11.7. The molecule has 2 fully saturated rings. The van der Waals surface area contributed by atoms with Crippen molar-refractivity contribution in [3.8, 4) is 0 Å². The lowest BCUT2D eigenvalue weighted by Crippen LogP contribution is -2.49. The molecule has 3 heterocycles. The van der Waals surface area contributed by atoms with E-state index in [1.54, 1.807) is 11.1 Å². The van der Waals surface area contributed by atoms with Crippen LogP contribution < -0.4 is 4.90 Å². The molecule has 2 aliphatic heterocycles. The third kappa shape index (κ3) is 4.17. The average Bonchev–Trinajstić information content (AvgIpc) is 2.80. The SMILES string of the molecule is O=C(c1ccc(F)c(S(=O)(=O)N2CCCCC2)c1)N1CCN(c2ccccn2)CC1. The van der Waals surface area contributed by atoms with E-state index in [2.05, 4.69) is 9.88 Å². The Morgan fingerprint density at radius 3 is 2.33 bits per heavy atom. The molecule has 4 rings (SSSR count). The summed E-state index contributed by atoms with van der Waals surface area (Å²) in [5, 5.41) is 0. The van der Waals surface area contributed by atoms with Gasteiger partial charge in [-0.25, -0.2) is 17.8 Å². The van der Waals surface area contributed by atoms with Crippen LogP contribution in [0.1, 0.15) is 29.6 Å². The number of piperidine rings is 1. The summed E-state index contributed by atoms with van der Waals surface area (Å²) in [6.07, 6.45) is 4.23. The number of halogens is 1. The molecule has 2 aliphatic rings. The second kappa shape index (κ2) is 8.69. The molecule has 0 radical (unpaired) electrons. The maximum Gasteiger partial charge on any atom is 0.254 e. The fourth-order valence-corrected chi connectivity index (χ4v) is 5.55. The number of benzene rings is 1. The zero-order chi connectivity index (χ0) is 21.1. The Balaban J connectivity index is 1.49. The number of sulfonamides is 1. The van der Waals surface area contributed by atoms with E-state index < -0.39 is 20.7 Å². The zero-order valence-corrected chi connectivity index (χ0v) is 17.5. The standard InChI is InChI=1S/C21H25FN4O3S/c22-18-8-7-17(16-19(18)30(28,29)26-10-4-1-5-11-26)21(27)25-14-12-24(13-15-25)20-6-2-3-9-23-20/h2-3,6-9,16H,1,4-5,10-15H2. The highest BCUT2D eigenvalue weighted by atomic mass is 32.2. The van der Waals surface area contributed by atoms with Gasteiger partial charge in [0.1, 0.15) is 16.5 Å². The molecule has 0 bridgehead atoms. The first kappa shape index (κ1) is 20.7. The lowest BCUT2D eigenvalue weighted by Gasteiger charge is -2.35. The van der Waals surface area contributed by atoms with Crippen LogP contribution in [0.4, 0.5) is 10.2 Å². The Hall–Kier alpha value is -2.52. The van der Waals surface area contributed by atoms with Crippen molar-refractivity contribution in [2.24, 2.45) is 0 Å². The number of amides is 1. The quantitative estimate of drug-likeness (QED) is 0.742. The number of piperazine rings is 1. The minimum atomic E-state index is -3.95. The second-order valence-corrected chi connectivity index (χ2v) is 9.48. The summed E-state index contributed by atoms with van der Waals surface area (Å²) in [6, 6.07) is 9.32. The van der Waals surface area contributed by atoms with Crippen LogP contribution in [0.25, 0.3) is 0 Å². The number of pyridine rings is 1. The Morgan fingerprint density at radius 1 is 0.933 bits per heavy atom. The van der Waals surface area contributed by atoms with Crippen LogP contribution in [0, 0.1) is 5.82 Å². The molecule has 0 spiro atoms. The van der Waals surface area contributed by atoms with Gasteiger partial charge in [0.25, 0.3) is 5.91 Å². The largest absolute Gasteiger partial charge is 0.353 e. The molecule has 30 heavy (non-hydrogen) atoms. The van der Waals surface area contributed by atoms with Crippen molar-refractivity contribution in [3.63, 3.8) is 0 Å². The number of aromatic nitrogens is 1. The third-order valence-corrected chi connectivity index (χ3v) is 7.56. The monoisotopic (exact) mass is 432 g/mol. The van der Waals surface area contributed by atoms with Crippen LogP contribution in [0.15, 0.2) is 47.5 Å². The lowest BCUT2D eigenvalue weighted by atomic mass is 10.1. The molecule has 0 unspecified atom stereocenters. The van der Waals surface area contributed by atoms with Crippen LogP contribution in [0.2, 0.25) is 0 Å². The van der Waals surface area contributed by atoms with Crippen LogP contribution >= 0.6 is 0 Å². The van der Waals surface area contributed by atoms with Crippen molar-refractivity contribution in [2.75, 3.05) is 44.2 Å². The van der Waals surface area contributed by atoms with E-state index >= 15 is 0 Å². The smallest absolute Gasteiger partial charge is 0.254 e. The van der Waals surface area contributed by atoms with Crippen molar-refractivity contribution >= 4 is 21.7 Å². The molecule has 0 aliphatic carbocycles. The highest BCUT2D eigenvalue weighted by Crippen LogP contribution is 2.25. The molecule has 2 saturated heterocycles. The second-order valence-electron chi connectivity index (χ2n) is 7.58. The van der Waals surface area contributed by atoms with Gasteiger partial charge in [0, 0.05) is 51.0 Å². The van der Waals surface area contributed by atoms with E-state index in [0.717, 1.165) is 31.1 Å². The fourth-order valence-electron chi connectivity index (χ4n) is 3.94. The van der Waals surface area contributed by atoms with Gasteiger partial charge in [-0.05, 0) is 43.2 Å². The molecular formula is C21H25FN4O3S. The van der Waals surface area contributed by atoms with Crippen molar-refractivity contribution < 1.29 is 17.6 Å². The molecule has 2 aromatic rings. The Morgan fingerprint density at radius 2 is 1.67 bits per heavy atom. The van der Waals surface area contributed by atoms with Gasteiger partial charge in [0.15, 0.2) is 0 Å². The first-order chi connectivity index (χ1) is 14.5. The minimum Gasteiger partial charge on any atom is -0.353 e. The minimum absolute atomic E-state index is 0.193. The number of nitrogens with zero attached hydrogens (tertiary/aromatic N) is 4. The Bertz CT molecular complexity index is 1000. The molecule has 1 aromatic carbocycles. The lowest BCUT2D eigenvalue weighted by molar-refractivity contribution is 0.0746. The van der Waals surface area contributed by atoms with Gasteiger partial charge >= 0.3 is 0 Å². The number of carbonyl (C=O) groups is 1. The average molecular weight is 433 g/mol. The van der Waals surface area contributed by atoms with Gasteiger partial charge in [-0.1, -0.05) is 12.5 Å². The molecular weight excluding hydrogens is 407 g/mol. The molecule has 9 heteroatoms. The molecule has 0 atom stereocenters. The summed E-state index contributed by atoms with van der Waals surface area (Å²) in [7, 11) is -3.95. The summed E-state index contributed by atoms with van der Waals surface area (Å²) in [5.41, 5.74) is 0.193. The van der Waals surface area contributed by atoms with Gasteiger partial charge in [-0.2, -0.15) is 4.31 Å². The van der Waals surface area contributed by atoms with Gasteiger partial charge in [-0.3, -0.25) is 4.79 Å². The van der Waals surface area contributed by atoms with Crippen LogP contribution in [-0.2, 0) is 10.0 Å². The topological polar surface area (TPSA) is 73.8 Å². The summed E-state index contributed by atoms with van der Waals surface area (Å²) in [4.78, 5) is 20.7. The van der Waals surface area contributed by atoms with E-state index in [0.29, 0.717) is 39.3 Å². The number of rotatable bonds is 4. The number of anilines is 1. The normalized spacial score (nSPS) is 18.4. The maximum absolute atomic E-state index is 14.4. The Labute approximate surface area is 176 Å². The van der Waals surface area contributed by atoms with Crippen LogP contribution in [0.5, 0.6) is 0 Å². The van der Waals surface area contributed by atoms with Crippen molar-refractivity contribution in [3.05, 3.63) is 54.0 Å². The molecule has 7 nitrogen and oxygen atoms in total. The summed E-state index contributed by atoms with van der Waals surface area (Å²) >= 11 is 0. The summed E-state index contributed by atoms with van der Waals surface area (Å²) < 4.78 is 41.5. The van der Waals surface area contributed by atoms with Crippen LogP contribution in [-0.4, -0.2) is 67.8 Å². The third-order valence-electron chi connectivity index (χ3n) is 5.65. The van der Waals surface area contributed by atoms with E-state index in [-0.39, 0.29) is 11.5 Å². The number of hydrogen-bond donors (Lipinski definition) is 0. The maximum atomic E-state index is 14.4. The predicted octanol–water partition coefficient (Wildman–Crippen LogP) is 2.36. The molecule has 0 saturated carbocycles. The predicted molar refractivity (Wildman–Crippen MR) is 111 cm³/mol. The van der Waals surface area contributed by atoms with Crippen molar-refractivity contribution in [1.82, 2.24) is 14.2 Å². The molecule has 160 valence electrons.